The predicted molar refractivity (Wildman–Crippen MR) is 118 cm³/mol. The van der Waals surface area contributed by atoms with E-state index in [1.807, 2.05) is 58.0 Å². The largest absolute Gasteiger partial charge is 0.361 e. The van der Waals surface area contributed by atoms with Crippen molar-refractivity contribution in [2.45, 2.75) is 27.7 Å². The van der Waals surface area contributed by atoms with Crippen LogP contribution < -0.4 is 5.69 Å². The number of benzene rings is 2. The molecule has 0 amide bonds. The van der Waals surface area contributed by atoms with E-state index in [-0.39, 0.29) is 5.69 Å². The van der Waals surface area contributed by atoms with Gasteiger partial charge in [0.25, 0.3) is 0 Å². The van der Waals surface area contributed by atoms with Crippen LogP contribution in [0, 0.1) is 20.8 Å². The SMILES string of the molecule is C=Nc1ccc(C)c(-c2cc(-c3c(C)noc3C)cc3[nH]c(=O)[nH]c23)c1/C=C\C. The fraction of sp³-hybridized carbons (Fsp3) is 0.174. The molecular weight excluding hydrogens is 364 g/mol. The van der Waals surface area contributed by atoms with Crippen molar-refractivity contribution in [3.63, 3.8) is 0 Å². The lowest BCUT2D eigenvalue weighted by molar-refractivity contribution is 0.393. The predicted octanol–water partition coefficient (Wildman–Crippen LogP) is 5.47. The van der Waals surface area contributed by atoms with Crippen molar-refractivity contribution < 1.29 is 4.52 Å². The molecule has 0 aliphatic rings. The molecule has 0 bridgehead atoms. The van der Waals surface area contributed by atoms with Gasteiger partial charge in [-0.05, 0) is 69.3 Å². The number of aromatic nitrogens is 3. The molecule has 0 fully saturated rings. The molecule has 0 radical (unpaired) electrons. The number of hydrogen-bond acceptors (Lipinski definition) is 4. The summed E-state index contributed by atoms with van der Waals surface area (Å²) < 4.78 is 5.37. The zero-order valence-electron chi connectivity index (χ0n) is 16.9. The number of rotatable bonds is 4. The van der Waals surface area contributed by atoms with Crippen LogP contribution in [0.2, 0.25) is 0 Å². The molecule has 2 aromatic carbocycles. The Balaban J connectivity index is 2.15. The molecule has 4 aromatic rings. The standard InChI is InChI=1S/C23H22N4O2/c1-6-7-16-18(24-5)9-8-12(2)20(16)17-10-15(21-13(3)27-29-14(21)4)11-19-22(17)26-23(28)25-19/h6-11H,5H2,1-4H3,(H2,25,26,28)/b7-6-. The summed E-state index contributed by atoms with van der Waals surface area (Å²) in [6.45, 7) is 11.5. The maximum Gasteiger partial charge on any atom is 0.323 e. The van der Waals surface area contributed by atoms with Gasteiger partial charge in [0.2, 0.25) is 0 Å². The van der Waals surface area contributed by atoms with Crippen molar-refractivity contribution in [1.29, 1.82) is 0 Å². The van der Waals surface area contributed by atoms with Gasteiger partial charge in [-0.15, -0.1) is 0 Å². The molecule has 0 spiro atoms. The minimum absolute atomic E-state index is 0.250. The molecule has 0 aliphatic heterocycles. The number of hydrogen-bond donors (Lipinski definition) is 2. The second kappa shape index (κ2) is 7.05. The molecule has 0 saturated carbocycles. The van der Waals surface area contributed by atoms with E-state index in [1.54, 1.807) is 0 Å². The number of imidazole rings is 1. The van der Waals surface area contributed by atoms with Crippen LogP contribution in [0.25, 0.3) is 39.4 Å². The highest BCUT2D eigenvalue weighted by Gasteiger charge is 2.19. The van der Waals surface area contributed by atoms with Crippen LogP contribution in [0.1, 0.15) is 29.5 Å². The monoisotopic (exact) mass is 386 g/mol. The number of aromatic amines is 2. The minimum Gasteiger partial charge on any atom is -0.361 e. The van der Waals surface area contributed by atoms with E-state index in [1.165, 1.54) is 0 Å². The van der Waals surface area contributed by atoms with Gasteiger partial charge in [-0.3, -0.25) is 4.99 Å². The van der Waals surface area contributed by atoms with E-state index < -0.39 is 0 Å². The molecule has 2 aromatic heterocycles. The zero-order chi connectivity index (χ0) is 20.7. The summed E-state index contributed by atoms with van der Waals surface area (Å²) in [5.74, 6) is 0.734. The lowest BCUT2D eigenvalue weighted by Crippen LogP contribution is -1.99. The van der Waals surface area contributed by atoms with Gasteiger partial charge >= 0.3 is 5.69 Å². The highest BCUT2D eigenvalue weighted by atomic mass is 16.5. The number of allylic oxidation sites excluding steroid dienone is 1. The molecule has 4 rings (SSSR count). The van der Waals surface area contributed by atoms with Crippen LogP contribution in [0.4, 0.5) is 5.69 Å². The lowest BCUT2D eigenvalue weighted by Gasteiger charge is -2.15. The average molecular weight is 386 g/mol. The molecule has 29 heavy (non-hydrogen) atoms. The molecule has 2 heterocycles. The van der Waals surface area contributed by atoms with Crippen LogP contribution in [-0.4, -0.2) is 21.8 Å². The summed E-state index contributed by atoms with van der Waals surface area (Å²) in [6.07, 6.45) is 3.99. The van der Waals surface area contributed by atoms with Gasteiger partial charge in [0, 0.05) is 16.7 Å². The van der Waals surface area contributed by atoms with Gasteiger partial charge in [0.05, 0.1) is 22.4 Å². The van der Waals surface area contributed by atoms with E-state index in [0.717, 1.165) is 61.6 Å². The Morgan fingerprint density at radius 3 is 2.59 bits per heavy atom. The lowest BCUT2D eigenvalue weighted by atomic mass is 9.90. The number of aliphatic imine (C=N–C) groups is 1. The van der Waals surface area contributed by atoms with Gasteiger partial charge in [-0.25, -0.2) is 4.79 Å². The first kappa shape index (κ1) is 18.7. The summed E-state index contributed by atoms with van der Waals surface area (Å²) >= 11 is 0. The number of aryl methyl sites for hydroxylation is 3. The van der Waals surface area contributed by atoms with E-state index in [4.69, 9.17) is 4.52 Å². The summed E-state index contributed by atoms with van der Waals surface area (Å²) in [7, 11) is 0. The molecular formula is C23H22N4O2. The normalized spacial score (nSPS) is 11.6. The van der Waals surface area contributed by atoms with E-state index >= 15 is 0 Å². The maximum absolute atomic E-state index is 12.1. The second-order valence-electron chi connectivity index (χ2n) is 7.07. The Hall–Kier alpha value is -3.67. The third-order valence-corrected chi connectivity index (χ3v) is 5.15. The molecule has 0 atom stereocenters. The molecule has 6 heteroatoms. The number of fused-ring (bicyclic) bond motifs is 1. The van der Waals surface area contributed by atoms with E-state index in [9.17, 15) is 4.79 Å². The highest BCUT2D eigenvalue weighted by Crippen LogP contribution is 2.40. The van der Waals surface area contributed by atoms with Gasteiger partial charge in [0.1, 0.15) is 5.76 Å². The number of nitrogens with zero attached hydrogens (tertiary/aromatic N) is 2. The summed E-state index contributed by atoms with van der Waals surface area (Å²) in [5.41, 5.74) is 8.63. The number of nitrogens with one attached hydrogen (secondary N) is 2. The number of H-pyrrole nitrogens is 2. The van der Waals surface area contributed by atoms with Crippen molar-refractivity contribution in [2.24, 2.45) is 4.99 Å². The molecule has 0 aliphatic carbocycles. The summed E-state index contributed by atoms with van der Waals surface area (Å²) in [4.78, 5) is 22.2. The van der Waals surface area contributed by atoms with Crippen molar-refractivity contribution in [3.05, 3.63) is 63.4 Å². The first-order valence-corrected chi connectivity index (χ1v) is 9.37. The van der Waals surface area contributed by atoms with E-state index in [2.05, 4.69) is 32.9 Å². The van der Waals surface area contributed by atoms with Gasteiger partial charge in [0.15, 0.2) is 0 Å². The Kier molecular flexibility index (Phi) is 4.54. The Morgan fingerprint density at radius 2 is 1.93 bits per heavy atom. The zero-order valence-corrected chi connectivity index (χ0v) is 16.9. The maximum atomic E-state index is 12.1. The van der Waals surface area contributed by atoms with Crippen LogP contribution in [0.15, 0.2) is 44.7 Å². The van der Waals surface area contributed by atoms with Gasteiger partial charge < -0.3 is 14.5 Å². The topological polar surface area (TPSA) is 87.0 Å². The minimum atomic E-state index is -0.250. The molecule has 0 saturated heterocycles. The Morgan fingerprint density at radius 1 is 1.14 bits per heavy atom. The summed E-state index contributed by atoms with van der Waals surface area (Å²) in [6, 6.07) is 7.99. The van der Waals surface area contributed by atoms with E-state index in [0.29, 0.717) is 0 Å². The van der Waals surface area contributed by atoms with Gasteiger partial charge in [-0.1, -0.05) is 23.4 Å². The smallest absolute Gasteiger partial charge is 0.323 e. The first-order chi connectivity index (χ1) is 13.9. The third-order valence-electron chi connectivity index (χ3n) is 5.15. The molecule has 146 valence electrons. The van der Waals surface area contributed by atoms with Crippen molar-refractivity contribution in [2.75, 3.05) is 0 Å². The van der Waals surface area contributed by atoms with Crippen LogP contribution in [0.3, 0.4) is 0 Å². The quantitative estimate of drug-likeness (QED) is 0.456. The second-order valence-corrected chi connectivity index (χ2v) is 7.07. The van der Waals surface area contributed by atoms with Crippen LogP contribution in [0.5, 0.6) is 0 Å². The van der Waals surface area contributed by atoms with Crippen molar-refractivity contribution >= 4 is 29.5 Å². The van der Waals surface area contributed by atoms with Crippen LogP contribution >= 0.6 is 0 Å². The van der Waals surface area contributed by atoms with Crippen LogP contribution in [-0.2, 0) is 0 Å². The first-order valence-electron chi connectivity index (χ1n) is 9.37. The Bertz CT molecular complexity index is 1320. The molecule has 0 unspecified atom stereocenters. The average Bonchev–Trinajstić information content (AvgIpc) is 3.22. The molecule has 2 N–H and O–H groups in total. The third kappa shape index (κ3) is 3.02. The van der Waals surface area contributed by atoms with Crippen molar-refractivity contribution in [1.82, 2.24) is 15.1 Å². The Labute approximate surface area is 168 Å². The fourth-order valence-electron chi connectivity index (χ4n) is 3.93. The highest BCUT2D eigenvalue weighted by molar-refractivity contribution is 6.00. The molecule has 6 nitrogen and oxygen atoms in total. The van der Waals surface area contributed by atoms with Gasteiger partial charge in [-0.2, -0.15) is 0 Å². The van der Waals surface area contributed by atoms with Crippen molar-refractivity contribution in [3.8, 4) is 22.3 Å². The summed E-state index contributed by atoms with van der Waals surface area (Å²) in [5, 5.41) is 4.08. The fourth-order valence-corrected chi connectivity index (χ4v) is 3.93.